The lowest BCUT2D eigenvalue weighted by molar-refractivity contribution is -0.139. The maximum Gasteiger partial charge on any atom is 0.303 e. The third-order valence-corrected chi connectivity index (χ3v) is 12.2. The Kier molecular flexibility index (Phi) is 29.5. The number of carboxylic acids is 1. The number of anilines is 2. The van der Waals surface area contributed by atoms with Crippen LogP contribution >= 0.6 is 0 Å². The molecule has 1 amide bonds. The number of unbranched alkanes of at least 4 members (excludes halogenated alkanes) is 30. The first-order valence-electron chi connectivity index (χ1n) is 24.3. The van der Waals surface area contributed by atoms with Crippen molar-refractivity contribution in [2.75, 3.05) is 23.3 Å². The number of carbonyl (C=O) groups excluding carboxylic acids is 2. The zero-order valence-corrected chi connectivity index (χ0v) is 37.0. The van der Waals surface area contributed by atoms with Crippen molar-refractivity contribution in [1.29, 1.82) is 0 Å². The van der Waals surface area contributed by atoms with Gasteiger partial charge in [-0.25, -0.2) is 0 Å². The predicted octanol–water partition coefficient (Wildman–Crippen LogP) is 13.0. The van der Waals surface area contributed by atoms with Gasteiger partial charge in [0.15, 0.2) is 11.7 Å². The van der Waals surface area contributed by atoms with E-state index in [0.717, 1.165) is 43.5 Å². The first kappa shape index (κ1) is 50.5. The van der Waals surface area contributed by atoms with E-state index in [9.17, 15) is 19.5 Å². The Bertz CT molecular complexity index is 1180. The second kappa shape index (κ2) is 33.2. The van der Waals surface area contributed by atoms with Gasteiger partial charge in [0.05, 0.1) is 11.4 Å². The van der Waals surface area contributed by atoms with Crippen LogP contribution in [0.1, 0.15) is 232 Å². The number of nitrogens with one attached hydrogen (secondary N) is 2. The Morgan fingerprint density at radius 2 is 1.00 bits per heavy atom. The number of Topliss-reactive ketones (excluding diaryl/α,β-unsaturated/α-hetero) is 1. The number of hydrogen-bond acceptors (Lipinski definition) is 6. The van der Waals surface area contributed by atoms with Gasteiger partial charge in [-0.3, -0.25) is 14.4 Å². The van der Waals surface area contributed by atoms with Crippen molar-refractivity contribution in [3.63, 3.8) is 0 Å². The molecule has 1 aliphatic heterocycles. The number of rotatable bonds is 40. The van der Waals surface area contributed by atoms with Crippen LogP contribution in [0.3, 0.4) is 0 Å². The molecule has 57 heavy (non-hydrogen) atoms. The normalized spacial score (nSPS) is 14.6. The van der Waals surface area contributed by atoms with E-state index in [1.807, 2.05) is 29.2 Å². The third kappa shape index (κ3) is 22.4. The van der Waals surface area contributed by atoms with Crippen molar-refractivity contribution < 1.29 is 19.5 Å². The maximum absolute atomic E-state index is 14.3. The fraction of sp³-hybridized carbons (Fsp3) is 0.816. The Hall–Kier alpha value is -2.61. The van der Waals surface area contributed by atoms with E-state index in [1.165, 1.54) is 173 Å². The van der Waals surface area contributed by atoms with Crippen LogP contribution in [0, 0.1) is 0 Å². The van der Waals surface area contributed by atoms with E-state index in [4.69, 9.17) is 5.73 Å². The van der Waals surface area contributed by atoms with Crippen molar-refractivity contribution in [3.05, 3.63) is 24.3 Å². The smallest absolute Gasteiger partial charge is 0.303 e. The maximum atomic E-state index is 14.3. The highest BCUT2D eigenvalue weighted by atomic mass is 16.4. The first-order valence-corrected chi connectivity index (χ1v) is 24.3. The van der Waals surface area contributed by atoms with Gasteiger partial charge < -0.3 is 26.4 Å². The molecule has 1 aliphatic rings. The average Bonchev–Trinajstić information content (AvgIpc) is 3.58. The summed E-state index contributed by atoms with van der Waals surface area (Å²) < 4.78 is 0. The summed E-state index contributed by atoms with van der Waals surface area (Å²) in [5.74, 6) is -2.12. The molecular weight excluding hydrogens is 709 g/mol. The topological polar surface area (TPSA) is 125 Å². The van der Waals surface area contributed by atoms with Gasteiger partial charge in [0.2, 0.25) is 11.7 Å². The summed E-state index contributed by atoms with van der Waals surface area (Å²) in [6.07, 6.45) is 39.8. The summed E-state index contributed by atoms with van der Waals surface area (Å²) in [5, 5.41) is 15.8. The Labute approximate surface area is 350 Å². The highest BCUT2D eigenvalue weighted by Crippen LogP contribution is 2.36. The number of amides is 1. The molecule has 1 aromatic carbocycles. The fourth-order valence-corrected chi connectivity index (χ4v) is 8.43. The van der Waals surface area contributed by atoms with Crippen molar-refractivity contribution in [2.24, 2.45) is 5.73 Å². The second-order valence-corrected chi connectivity index (χ2v) is 17.3. The molecule has 1 heterocycles. The largest absolute Gasteiger partial charge is 0.481 e. The number of para-hydroxylation sites is 2. The van der Waals surface area contributed by atoms with Gasteiger partial charge >= 0.3 is 5.97 Å². The molecule has 0 radical (unpaired) electrons. The van der Waals surface area contributed by atoms with Crippen LogP contribution in [-0.4, -0.2) is 47.6 Å². The van der Waals surface area contributed by atoms with E-state index in [2.05, 4.69) is 24.5 Å². The molecule has 328 valence electrons. The number of carboxylic acid groups (broad SMARTS) is 1. The summed E-state index contributed by atoms with van der Waals surface area (Å²) >= 11 is 0. The van der Waals surface area contributed by atoms with E-state index in [0.29, 0.717) is 13.1 Å². The van der Waals surface area contributed by atoms with Crippen LogP contribution in [-0.2, 0) is 14.4 Å². The van der Waals surface area contributed by atoms with Crippen molar-refractivity contribution in [3.8, 4) is 0 Å². The molecule has 0 aliphatic carbocycles. The molecular formula is C49H88N4O4. The average molecular weight is 797 g/mol. The number of fused-ring (bicyclic) bond motifs is 1. The molecule has 2 rings (SSSR count). The molecule has 1 unspecified atom stereocenters. The van der Waals surface area contributed by atoms with Gasteiger partial charge in [-0.1, -0.05) is 219 Å². The highest BCUT2D eigenvalue weighted by molar-refractivity contribution is 6.15. The molecule has 5 N–H and O–H groups in total. The monoisotopic (exact) mass is 797 g/mol. The Balaban J connectivity index is 1.71. The fourth-order valence-electron chi connectivity index (χ4n) is 8.43. The molecule has 1 aromatic rings. The Morgan fingerprint density at radius 1 is 0.614 bits per heavy atom. The van der Waals surface area contributed by atoms with Crippen molar-refractivity contribution >= 4 is 29.0 Å². The summed E-state index contributed by atoms with van der Waals surface area (Å²) in [6, 6.07) is 7.82. The Morgan fingerprint density at radius 3 is 1.42 bits per heavy atom. The zero-order chi connectivity index (χ0) is 41.2. The lowest BCUT2D eigenvalue weighted by Gasteiger charge is -2.33. The van der Waals surface area contributed by atoms with Crippen molar-refractivity contribution in [2.45, 2.75) is 244 Å². The first-order chi connectivity index (χ1) is 27.8. The standard InChI is InChI=1S/C49H88N4O4/c1-3-5-7-9-11-13-15-17-19-21-23-25-27-29-31-35-41-51-48(57)49(50,40-39-45(54)55)46(56)47-52-43-37-33-34-38-44(43)53(47)42-36-32-30-28-26-24-22-20-18-16-14-12-10-8-6-4-2/h33-34,37-38,47,52H,3-32,35-36,39-42,50H2,1-2H3,(H,51,57)(H,54,55)/t47?,49-/m1/s1. The van der Waals surface area contributed by atoms with E-state index < -0.39 is 29.4 Å². The zero-order valence-electron chi connectivity index (χ0n) is 37.0. The van der Waals surface area contributed by atoms with Gasteiger partial charge in [0.25, 0.3) is 0 Å². The van der Waals surface area contributed by atoms with Crippen molar-refractivity contribution in [1.82, 2.24) is 5.32 Å². The molecule has 8 heteroatoms. The van der Waals surface area contributed by atoms with E-state index >= 15 is 0 Å². The van der Waals surface area contributed by atoms with Crippen LogP contribution in [0.5, 0.6) is 0 Å². The van der Waals surface area contributed by atoms with E-state index in [-0.39, 0.29) is 12.8 Å². The summed E-state index contributed by atoms with van der Waals surface area (Å²) in [6.45, 7) is 5.63. The van der Waals surface area contributed by atoms with Crippen LogP contribution in [0.25, 0.3) is 0 Å². The number of nitrogens with two attached hydrogens (primary N) is 1. The molecule has 0 spiro atoms. The van der Waals surface area contributed by atoms with Crippen LogP contribution < -0.4 is 21.3 Å². The SMILES string of the molecule is CCCCCCCCCCCCCCCCCCNC(=O)[C@@](N)(CCC(=O)O)C(=O)C1Nc2ccccc2N1CCCCCCCCCCCCCCCCCC. The van der Waals surface area contributed by atoms with Crippen LogP contribution in [0.15, 0.2) is 24.3 Å². The number of ketones is 1. The third-order valence-electron chi connectivity index (χ3n) is 12.2. The molecule has 0 saturated carbocycles. The predicted molar refractivity (Wildman–Crippen MR) is 242 cm³/mol. The number of nitrogens with zero attached hydrogens (tertiary/aromatic N) is 1. The molecule has 0 fully saturated rings. The summed E-state index contributed by atoms with van der Waals surface area (Å²) in [7, 11) is 0. The number of aliphatic carboxylic acids is 1. The quantitative estimate of drug-likeness (QED) is 0.0385. The molecule has 0 aromatic heterocycles. The number of carbonyl (C=O) groups is 3. The summed E-state index contributed by atoms with van der Waals surface area (Å²) in [4.78, 5) is 41.6. The summed E-state index contributed by atoms with van der Waals surface area (Å²) in [5.41, 5.74) is 6.49. The van der Waals surface area contributed by atoms with Gasteiger partial charge in [0, 0.05) is 19.5 Å². The molecule has 2 atom stereocenters. The van der Waals surface area contributed by atoms with E-state index in [1.54, 1.807) is 0 Å². The number of benzene rings is 1. The minimum absolute atomic E-state index is 0.243. The lowest BCUT2D eigenvalue weighted by atomic mass is 9.86. The van der Waals surface area contributed by atoms with Gasteiger partial charge in [-0.05, 0) is 31.4 Å². The molecule has 0 saturated heterocycles. The second-order valence-electron chi connectivity index (χ2n) is 17.3. The molecule has 8 nitrogen and oxygen atoms in total. The van der Waals surface area contributed by atoms with Crippen LogP contribution in [0.2, 0.25) is 0 Å². The van der Waals surface area contributed by atoms with Gasteiger partial charge in [0.1, 0.15) is 0 Å². The van der Waals surface area contributed by atoms with Crippen LogP contribution in [0.4, 0.5) is 11.4 Å². The lowest BCUT2D eigenvalue weighted by Crippen LogP contribution is -2.65. The number of hydrogen-bond donors (Lipinski definition) is 4. The minimum atomic E-state index is -1.94. The van der Waals surface area contributed by atoms with Gasteiger partial charge in [-0.15, -0.1) is 0 Å². The molecule has 0 bridgehead atoms. The van der Waals surface area contributed by atoms with Gasteiger partial charge in [-0.2, -0.15) is 0 Å². The highest BCUT2D eigenvalue weighted by Gasteiger charge is 2.48. The minimum Gasteiger partial charge on any atom is -0.481 e.